The van der Waals surface area contributed by atoms with E-state index in [4.69, 9.17) is 0 Å². The van der Waals surface area contributed by atoms with E-state index < -0.39 is 0 Å². The lowest BCUT2D eigenvalue weighted by Gasteiger charge is -2.05. The maximum absolute atomic E-state index is 12.0. The first-order valence-corrected chi connectivity index (χ1v) is 8.04. The van der Waals surface area contributed by atoms with Gasteiger partial charge in [-0.1, -0.05) is 59.7 Å². The van der Waals surface area contributed by atoms with Crippen LogP contribution in [0.3, 0.4) is 0 Å². The van der Waals surface area contributed by atoms with Gasteiger partial charge in [0.2, 0.25) is 0 Å². The zero-order valence-corrected chi connectivity index (χ0v) is 12.9. The molecule has 0 heterocycles. The molecule has 0 aliphatic rings. The molecule has 20 heavy (non-hydrogen) atoms. The van der Waals surface area contributed by atoms with Crippen molar-refractivity contribution in [1.29, 1.82) is 0 Å². The molecule has 0 N–H and O–H groups in total. The van der Waals surface area contributed by atoms with Crippen LogP contribution in [0.4, 0.5) is 0 Å². The van der Waals surface area contributed by atoms with Crippen molar-refractivity contribution in [3.63, 3.8) is 0 Å². The number of hydrogen-bond donors (Lipinski definition) is 0. The second kappa shape index (κ2) is 7.30. The van der Waals surface area contributed by atoms with Gasteiger partial charge in [0.1, 0.15) is 0 Å². The monoisotopic (exact) mass is 284 g/mol. The highest BCUT2D eigenvalue weighted by Crippen LogP contribution is 2.17. The van der Waals surface area contributed by atoms with E-state index in [0.29, 0.717) is 6.42 Å². The molecule has 0 aliphatic carbocycles. The van der Waals surface area contributed by atoms with Gasteiger partial charge in [0, 0.05) is 23.5 Å². The maximum atomic E-state index is 12.0. The van der Waals surface area contributed by atoms with Crippen molar-refractivity contribution in [3.8, 4) is 0 Å². The van der Waals surface area contributed by atoms with Crippen LogP contribution in [0, 0.1) is 13.8 Å². The second-order valence-electron chi connectivity index (χ2n) is 5.09. The van der Waals surface area contributed by atoms with Gasteiger partial charge in [-0.25, -0.2) is 0 Å². The third-order valence-corrected chi connectivity index (χ3v) is 4.15. The minimum atomic E-state index is 0.235. The molecule has 0 saturated carbocycles. The number of Topliss-reactive ketones (excluding diaryl/α,β-unsaturated/α-hetero) is 1. The highest BCUT2D eigenvalue weighted by molar-refractivity contribution is 7.98. The third-order valence-electron chi connectivity index (χ3n) is 3.12. The Morgan fingerprint density at radius 3 is 2.30 bits per heavy atom. The Kier molecular flexibility index (Phi) is 5.42. The van der Waals surface area contributed by atoms with Crippen molar-refractivity contribution in [2.75, 3.05) is 5.75 Å². The molecule has 0 bridgehead atoms. The molecule has 0 atom stereocenters. The summed E-state index contributed by atoms with van der Waals surface area (Å²) in [6.45, 7) is 4.25. The van der Waals surface area contributed by atoms with Crippen molar-refractivity contribution >= 4 is 17.5 Å². The molecule has 2 aromatic carbocycles. The SMILES string of the molecule is Cc1cc(C)cc(CSCCC(=O)c2ccccc2)c1. The summed E-state index contributed by atoms with van der Waals surface area (Å²) in [7, 11) is 0. The van der Waals surface area contributed by atoms with Crippen LogP contribution in [0.25, 0.3) is 0 Å². The van der Waals surface area contributed by atoms with Gasteiger partial charge < -0.3 is 0 Å². The molecule has 0 spiro atoms. The van der Waals surface area contributed by atoms with Gasteiger partial charge in [0.05, 0.1) is 0 Å². The molecule has 0 aliphatic heterocycles. The number of carbonyl (C=O) groups excluding carboxylic acids is 1. The normalized spacial score (nSPS) is 10.5. The van der Waals surface area contributed by atoms with Gasteiger partial charge in [-0.2, -0.15) is 11.8 Å². The average Bonchev–Trinajstić information content (AvgIpc) is 2.43. The third kappa shape index (κ3) is 4.53. The molecule has 0 radical (unpaired) electrons. The number of ketones is 1. The topological polar surface area (TPSA) is 17.1 Å². The lowest BCUT2D eigenvalue weighted by molar-refractivity contribution is 0.0989. The van der Waals surface area contributed by atoms with Crippen molar-refractivity contribution < 1.29 is 4.79 Å². The van der Waals surface area contributed by atoms with Gasteiger partial charge in [-0.05, 0) is 19.4 Å². The van der Waals surface area contributed by atoms with E-state index in [2.05, 4.69) is 32.0 Å². The molecule has 0 unspecified atom stereocenters. The summed E-state index contributed by atoms with van der Waals surface area (Å²) in [5, 5.41) is 0. The molecule has 0 amide bonds. The van der Waals surface area contributed by atoms with Gasteiger partial charge in [0.15, 0.2) is 5.78 Å². The Bertz CT molecular complexity index is 555. The number of carbonyl (C=O) groups is 1. The summed E-state index contributed by atoms with van der Waals surface area (Å²) < 4.78 is 0. The summed E-state index contributed by atoms with van der Waals surface area (Å²) in [6, 6.07) is 16.2. The summed E-state index contributed by atoms with van der Waals surface area (Å²) in [5.41, 5.74) is 4.78. The van der Waals surface area contributed by atoms with E-state index in [9.17, 15) is 4.79 Å². The van der Waals surface area contributed by atoms with E-state index in [1.54, 1.807) is 0 Å². The van der Waals surface area contributed by atoms with Crippen LogP contribution in [-0.2, 0) is 5.75 Å². The molecule has 0 saturated heterocycles. The Labute approximate surface area is 125 Å². The summed E-state index contributed by atoms with van der Waals surface area (Å²) in [5.74, 6) is 2.09. The van der Waals surface area contributed by atoms with Crippen LogP contribution in [0.2, 0.25) is 0 Å². The molecular formula is C18H20OS. The minimum Gasteiger partial charge on any atom is -0.294 e. The zero-order valence-electron chi connectivity index (χ0n) is 12.1. The Morgan fingerprint density at radius 2 is 1.65 bits per heavy atom. The first-order chi connectivity index (χ1) is 9.65. The molecular weight excluding hydrogens is 264 g/mol. The van der Waals surface area contributed by atoms with Gasteiger partial charge in [-0.3, -0.25) is 4.79 Å². The minimum absolute atomic E-state index is 0.235. The fraction of sp³-hybridized carbons (Fsp3) is 0.278. The van der Waals surface area contributed by atoms with E-state index in [0.717, 1.165) is 17.1 Å². The summed E-state index contributed by atoms with van der Waals surface area (Å²) in [4.78, 5) is 12.0. The number of thioether (sulfide) groups is 1. The van der Waals surface area contributed by atoms with Crippen molar-refractivity contribution in [3.05, 3.63) is 70.8 Å². The molecule has 2 rings (SSSR count). The highest BCUT2D eigenvalue weighted by atomic mass is 32.2. The van der Waals surface area contributed by atoms with Crippen molar-refractivity contribution in [2.45, 2.75) is 26.0 Å². The van der Waals surface area contributed by atoms with E-state index in [-0.39, 0.29) is 5.78 Å². The Balaban J connectivity index is 1.78. The first-order valence-electron chi connectivity index (χ1n) is 6.88. The van der Waals surface area contributed by atoms with Gasteiger partial charge >= 0.3 is 0 Å². The van der Waals surface area contributed by atoms with Crippen molar-refractivity contribution in [1.82, 2.24) is 0 Å². The largest absolute Gasteiger partial charge is 0.294 e. The fourth-order valence-electron chi connectivity index (χ4n) is 2.28. The van der Waals surface area contributed by atoms with Crippen LogP contribution in [0.5, 0.6) is 0 Å². The Hall–Kier alpha value is -1.54. The maximum Gasteiger partial charge on any atom is 0.163 e. The molecule has 104 valence electrons. The number of hydrogen-bond acceptors (Lipinski definition) is 2. The predicted octanol–water partition coefficient (Wildman–Crippen LogP) is 4.81. The van der Waals surface area contributed by atoms with Crippen LogP contribution in [0.15, 0.2) is 48.5 Å². The summed E-state index contributed by atoms with van der Waals surface area (Å²) >= 11 is 1.83. The number of benzene rings is 2. The first kappa shape index (κ1) is 14.9. The van der Waals surface area contributed by atoms with E-state index >= 15 is 0 Å². The highest BCUT2D eigenvalue weighted by Gasteiger charge is 2.04. The summed E-state index contributed by atoms with van der Waals surface area (Å²) in [6.07, 6.45) is 0.611. The van der Waals surface area contributed by atoms with Crippen LogP contribution < -0.4 is 0 Å². The molecule has 2 aromatic rings. The Morgan fingerprint density at radius 1 is 1.00 bits per heavy atom. The molecule has 0 aromatic heterocycles. The van der Waals surface area contributed by atoms with Crippen LogP contribution in [-0.4, -0.2) is 11.5 Å². The van der Waals surface area contributed by atoms with Gasteiger partial charge in [0.25, 0.3) is 0 Å². The number of rotatable bonds is 6. The lowest BCUT2D eigenvalue weighted by atomic mass is 10.1. The second-order valence-corrected chi connectivity index (χ2v) is 6.19. The zero-order chi connectivity index (χ0) is 14.4. The average molecular weight is 284 g/mol. The van der Waals surface area contributed by atoms with Crippen LogP contribution >= 0.6 is 11.8 Å². The van der Waals surface area contributed by atoms with Crippen molar-refractivity contribution in [2.24, 2.45) is 0 Å². The smallest absolute Gasteiger partial charge is 0.163 e. The van der Waals surface area contributed by atoms with Gasteiger partial charge in [-0.15, -0.1) is 0 Å². The standard InChI is InChI=1S/C18H20OS/c1-14-10-15(2)12-16(11-14)13-20-9-8-18(19)17-6-4-3-5-7-17/h3-7,10-12H,8-9,13H2,1-2H3. The predicted molar refractivity (Wildman–Crippen MR) is 87.5 cm³/mol. The fourth-order valence-corrected chi connectivity index (χ4v) is 3.15. The lowest BCUT2D eigenvalue weighted by Crippen LogP contribution is -2.00. The number of aryl methyl sites for hydroxylation is 2. The molecule has 2 heteroatoms. The molecule has 1 nitrogen and oxygen atoms in total. The molecule has 0 fully saturated rings. The van der Waals surface area contributed by atoms with E-state index in [1.807, 2.05) is 42.1 Å². The van der Waals surface area contributed by atoms with Crippen LogP contribution in [0.1, 0.15) is 33.5 Å². The van der Waals surface area contributed by atoms with E-state index in [1.165, 1.54) is 16.7 Å². The quantitative estimate of drug-likeness (QED) is 0.559.